The Hall–Kier alpha value is -2.53. The summed E-state index contributed by atoms with van der Waals surface area (Å²) in [5.74, 6) is 0.571. The summed E-state index contributed by atoms with van der Waals surface area (Å²) in [6.45, 7) is 6.09. The average Bonchev–Trinajstić information content (AvgIpc) is 2.63. The first kappa shape index (κ1) is 18.8. The SMILES string of the molecule is CCOc1ccc(NC(C)C(=O)NC(C)c2ccccc2)cc1CO. The second kappa shape index (κ2) is 9.08. The molecule has 0 heterocycles. The van der Waals surface area contributed by atoms with Crippen molar-refractivity contribution < 1.29 is 14.6 Å². The Kier molecular flexibility index (Phi) is 6.83. The van der Waals surface area contributed by atoms with Crippen molar-refractivity contribution in [2.24, 2.45) is 0 Å². The van der Waals surface area contributed by atoms with Gasteiger partial charge in [-0.2, -0.15) is 0 Å². The van der Waals surface area contributed by atoms with E-state index in [2.05, 4.69) is 10.6 Å². The minimum atomic E-state index is -0.407. The van der Waals surface area contributed by atoms with Gasteiger partial charge in [0.05, 0.1) is 19.3 Å². The molecule has 2 aromatic rings. The summed E-state index contributed by atoms with van der Waals surface area (Å²) in [5, 5.41) is 15.6. The van der Waals surface area contributed by atoms with Gasteiger partial charge in [-0.25, -0.2) is 0 Å². The first-order valence-electron chi connectivity index (χ1n) is 8.53. The van der Waals surface area contributed by atoms with E-state index in [0.29, 0.717) is 17.9 Å². The summed E-state index contributed by atoms with van der Waals surface area (Å²) in [6.07, 6.45) is 0. The van der Waals surface area contributed by atoms with Gasteiger partial charge in [-0.1, -0.05) is 30.3 Å². The van der Waals surface area contributed by atoms with Gasteiger partial charge in [0, 0.05) is 11.3 Å². The predicted octanol–water partition coefficient (Wildman–Crippen LogP) is 3.26. The number of benzene rings is 2. The van der Waals surface area contributed by atoms with E-state index in [4.69, 9.17) is 4.74 Å². The number of hydrogen-bond acceptors (Lipinski definition) is 4. The van der Waals surface area contributed by atoms with Crippen LogP contribution in [0, 0.1) is 0 Å². The molecule has 0 aromatic heterocycles. The van der Waals surface area contributed by atoms with Gasteiger partial charge in [0.1, 0.15) is 11.8 Å². The number of aliphatic hydroxyl groups excluding tert-OH is 1. The van der Waals surface area contributed by atoms with Crippen molar-refractivity contribution in [2.75, 3.05) is 11.9 Å². The van der Waals surface area contributed by atoms with Crippen LogP contribution in [0.1, 0.15) is 37.9 Å². The fourth-order valence-corrected chi connectivity index (χ4v) is 2.57. The molecule has 0 saturated carbocycles. The molecule has 134 valence electrons. The maximum atomic E-state index is 12.4. The molecule has 2 aromatic carbocycles. The molecule has 0 bridgehead atoms. The number of amides is 1. The molecular weight excluding hydrogens is 316 g/mol. The third-order valence-electron chi connectivity index (χ3n) is 3.97. The highest BCUT2D eigenvalue weighted by molar-refractivity contribution is 5.84. The average molecular weight is 342 g/mol. The van der Waals surface area contributed by atoms with Crippen molar-refractivity contribution in [2.45, 2.75) is 39.5 Å². The number of carbonyl (C=O) groups excluding carboxylic acids is 1. The van der Waals surface area contributed by atoms with Crippen LogP contribution >= 0.6 is 0 Å². The minimum absolute atomic E-state index is 0.0636. The number of carbonyl (C=O) groups is 1. The molecule has 2 rings (SSSR count). The summed E-state index contributed by atoms with van der Waals surface area (Å²) in [6, 6.07) is 14.8. The summed E-state index contributed by atoms with van der Waals surface area (Å²) >= 11 is 0. The topological polar surface area (TPSA) is 70.6 Å². The van der Waals surface area contributed by atoms with Gasteiger partial charge in [0.2, 0.25) is 5.91 Å². The number of aliphatic hydroxyl groups is 1. The standard InChI is InChI=1S/C20H26N2O3/c1-4-25-19-11-10-18(12-17(19)13-23)21-15(3)20(24)22-14(2)16-8-6-5-7-9-16/h5-12,14-15,21,23H,4,13H2,1-3H3,(H,22,24). The van der Waals surface area contributed by atoms with E-state index in [1.54, 1.807) is 12.1 Å². The van der Waals surface area contributed by atoms with E-state index >= 15 is 0 Å². The zero-order valence-electron chi connectivity index (χ0n) is 15.0. The maximum Gasteiger partial charge on any atom is 0.242 e. The summed E-state index contributed by atoms with van der Waals surface area (Å²) in [5.41, 5.74) is 2.52. The van der Waals surface area contributed by atoms with Crippen LogP contribution in [0.5, 0.6) is 5.75 Å². The number of nitrogens with one attached hydrogen (secondary N) is 2. The number of rotatable bonds is 8. The summed E-state index contributed by atoms with van der Waals surface area (Å²) in [4.78, 5) is 12.4. The van der Waals surface area contributed by atoms with Crippen LogP contribution in [0.3, 0.4) is 0 Å². The van der Waals surface area contributed by atoms with E-state index in [9.17, 15) is 9.90 Å². The van der Waals surface area contributed by atoms with Crippen molar-refractivity contribution in [3.05, 3.63) is 59.7 Å². The largest absolute Gasteiger partial charge is 0.494 e. The highest BCUT2D eigenvalue weighted by Crippen LogP contribution is 2.23. The Morgan fingerprint density at radius 2 is 1.88 bits per heavy atom. The van der Waals surface area contributed by atoms with Gasteiger partial charge >= 0.3 is 0 Å². The van der Waals surface area contributed by atoms with Crippen LogP contribution in [0.15, 0.2) is 48.5 Å². The molecule has 0 spiro atoms. The second-order valence-corrected chi connectivity index (χ2v) is 5.92. The molecule has 0 aliphatic carbocycles. The normalized spacial score (nSPS) is 13.0. The fourth-order valence-electron chi connectivity index (χ4n) is 2.57. The molecule has 0 aliphatic heterocycles. The van der Waals surface area contributed by atoms with E-state index in [0.717, 1.165) is 11.3 Å². The van der Waals surface area contributed by atoms with E-state index < -0.39 is 6.04 Å². The summed E-state index contributed by atoms with van der Waals surface area (Å²) < 4.78 is 5.47. The molecule has 1 amide bonds. The molecule has 3 N–H and O–H groups in total. The van der Waals surface area contributed by atoms with Crippen LogP contribution in [0.25, 0.3) is 0 Å². The smallest absolute Gasteiger partial charge is 0.242 e. The molecule has 0 aliphatic rings. The molecule has 2 unspecified atom stereocenters. The predicted molar refractivity (Wildman–Crippen MR) is 99.6 cm³/mol. The summed E-state index contributed by atoms with van der Waals surface area (Å²) in [7, 11) is 0. The molecule has 25 heavy (non-hydrogen) atoms. The van der Waals surface area contributed by atoms with Gasteiger partial charge in [-0.05, 0) is 44.5 Å². The molecule has 5 heteroatoms. The molecule has 5 nitrogen and oxygen atoms in total. The zero-order chi connectivity index (χ0) is 18.2. The zero-order valence-corrected chi connectivity index (χ0v) is 15.0. The highest BCUT2D eigenvalue weighted by atomic mass is 16.5. The van der Waals surface area contributed by atoms with Crippen LogP contribution in [-0.4, -0.2) is 23.7 Å². The third-order valence-corrected chi connectivity index (χ3v) is 3.97. The third kappa shape index (κ3) is 5.22. The lowest BCUT2D eigenvalue weighted by Gasteiger charge is -2.20. The first-order valence-corrected chi connectivity index (χ1v) is 8.53. The number of anilines is 1. The lowest BCUT2D eigenvalue weighted by molar-refractivity contribution is -0.122. The van der Waals surface area contributed by atoms with E-state index in [-0.39, 0.29) is 18.6 Å². The molecule has 0 fully saturated rings. The van der Waals surface area contributed by atoms with Gasteiger partial charge in [0.15, 0.2) is 0 Å². The second-order valence-electron chi connectivity index (χ2n) is 5.92. The fraction of sp³-hybridized carbons (Fsp3) is 0.350. The van der Waals surface area contributed by atoms with E-state index in [1.165, 1.54) is 0 Å². The Morgan fingerprint density at radius 1 is 1.16 bits per heavy atom. The van der Waals surface area contributed by atoms with E-state index in [1.807, 2.05) is 57.2 Å². The molecule has 2 atom stereocenters. The molecular formula is C20H26N2O3. The maximum absolute atomic E-state index is 12.4. The van der Waals surface area contributed by atoms with Crippen molar-refractivity contribution in [1.29, 1.82) is 0 Å². The molecule has 0 radical (unpaired) electrons. The lowest BCUT2D eigenvalue weighted by atomic mass is 10.1. The van der Waals surface area contributed by atoms with Crippen LogP contribution < -0.4 is 15.4 Å². The van der Waals surface area contributed by atoms with Gasteiger partial charge in [-0.3, -0.25) is 4.79 Å². The van der Waals surface area contributed by atoms with Crippen LogP contribution in [0.4, 0.5) is 5.69 Å². The van der Waals surface area contributed by atoms with Crippen molar-refractivity contribution in [3.8, 4) is 5.75 Å². The Labute approximate surface area is 149 Å². The van der Waals surface area contributed by atoms with Crippen molar-refractivity contribution in [3.63, 3.8) is 0 Å². The number of ether oxygens (including phenoxy) is 1. The first-order chi connectivity index (χ1) is 12.0. The van der Waals surface area contributed by atoms with Crippen molar-refractivity contribution >= 4 is 11.6 Å². The quantitative estimate of drug-likeness (QED) is 0.689. The Morgan fingerprint density at radius 3 is 2.52 bits per heavy atom. The van der Waals surface area contributed by atoms with Gasteiger partial charge in [0.25, 0.3) is 0 Å². The monoisotopic (exact) mass is 342 g/mol. The van der Waals surface area contributed by atoms with Gasteiger partial charge < -0.3 is 20.5 Å². The Bertz CT molecular complexity index is 689. The van der Waals surface area contributed by atoms with Gasteiger partial charge in [-0.15, -0.1) is 0 Å². The minimum Gasteiger partial charge on any atom is -0.494 e. The molecule has 0 saturated heterocycles. The number of hydrogen-bond donors (Lipinski definition) is 3. The highest BCUT2D eigenvalue weighted by Gasteiger charge is 2.16. The van der Waals surface area contributed by atoms with Crippen LogP contribution in [0.2, 0.25) is 0 Å². The van der Waals surface area contributed by atoms with Crippen molar-refractivity contribution in [1.82, 2.24) is 5.32 Å². The lowest BCUT2D eigenvalue weighted by Crippen LogP contribution is -2.38. The Balaban J connectivity index is 1.98. The van der Waals surface area contributed by atoms with Crippen LogP contribution in [-0.2, 0) is 11.4 Å².